The number of carbonyl (C=O) groups excluding carboxylic acids is 2. The van der Waals surface area contributed by atoms with Crippen LogP contribution in [0.1, 0.15) is 162 Å². The van der Waals surface area contributed by atoms with E-state index >= 15 is 0 Å². The number of allylic oxidation sites excluding steroid dienone is 6. The minimum absolute atomic E-state index is 0.00430. The number of hydrogen-bond donors (Lipinski definition) is 1. The number of esters is 2. The molecule has 0 saturated heterocycles. The Kier molecular flexibility index (Phi) is 31.9. The van der Waals surface area contributed by atoms with E-state index in [1.54, 1.807) is 6.92 Å². The first-order valence-corrected chi connectivity index (χ1v) is 19.8. The molecule has 0 aromatic heterocycles. The van der Waals surface area contributed by atoms with E-state index in [2.05, 4.69) is 50.3 Å². The van der Waals surface area contributed by atoms with Crippen molar-refractivity contribution < 1.29 is 37.6 Å². The lowest BCUT2D eigenvalue weighted by molar-refractivity contribution is -0.161. The van der Waals surface area contributed by atoms with E-state index in [4.69, 9.17) is 18.5 Å². The van der Waals surface area contributed by atoms with Crippen LogP contribution >= 0.6 is 7.82 Å². The van der Waals surface area contributed by atoms with E-state index in [0.717, 1.165) is 83.5 Å². The average Bonchev–Trinajstić information content (AvgIpc) is 3.03. The number of rotatable bonds is 33. The minimum atomic E-state index is -4.28. The van der Waals surface area contributed by atoms with Crippen molar-refractivity contribution in [2.75, 3.05) is 19.8 Å². The molecule has 0 aliphatic heterocycles. The maximum absolute atomic E-state index is 12.5. The maximum atomic E-state index is 12.5. The van der Waals surface area contributed by atoms with Crippen molar-refractivity contribution in [3.63, 3.8) is 0 Å². The summed E-state index contributed by atoms with van der Waals surface area (Å²) in [5, 5.41) is 0. The molecule has 0 fully saturated rings. The first-order valence-electron chi connectivity index (χ1n) is 18.3. The van der Waals surface area contributed by atoms with Crippen LogP contribution < -0.4 is 0 Å². The molecule has 1 N–H and O–H groups in total. The third-order valence-electron chi connectivity index (χ3n) is 7.40. The molecule has 0 rings (SSSR count). The van der Waals surface area contributed by atoms with Crippen molar-refractivity contribution in [2.24, 2.45) is 0 Å². The Morgan fingerprint density at radius 2 is 1.09 bits per heavy atom. The molecular weight excluding hydrogens is 603 g/mol. The predicted molar refractivity (Wildman–Crippen MR) is 189 cm³/mol. The van der Waals surface area contributed by atoms with Crippen molar-refractivity contribution in [3.05, 3.63) is 36.5 Å². The summed E-state index contributed by atoms with van der Waals surface area (Å²) in [4.78, 5) is 34.5. The van der Waals surface area contributed by atoms with E-state index in [1.807, 2.05) is 0 Å². The second kappa shape index (κ2) is 33.2. The Balaban J connectivity index is 4.20. The lowest BCUT2D eigenvalue weighted by Gasteiger charge is -2.19. The molecule has 2 atom stereocenters. The van der Waals surface area contributed by atoms with Crippen LogP contribution in [-0.4, -0.2) is 42.8 Å². The molecule has 0 aromatic carbocycles. The van der Waals surface area contributed by atoms with Crippen LogP contribution in [0.4, 0.5) is 0 Å². The average molecular weight is 671 g/mol. The lowest BCUT2D eigenvalue weighted by atomic mass is 10.1. The van der Waals surface area contributed by atoms with E-state index in [1.165, 1.54) is 38.5 Å². The zero-order valence-electron chi connectivity index (χ0n) is 29.5. The minimum Gasteiger partial charge on any atom is -0.462 e. The molecular formula is C37H67O8P. The van der Waals surface area contributed by atoms with E-state index in [9.17, 15) is 19.0 Å². The van der Waals surface area contributed by atoms with Gasteiger partial charge in [-0.15, -0.1) is 0 Å². The van der Waals surface area contributed by atoms with Crippen LogP contribution in [0.25, 0.3) is 0 Å². The van der Waals surface area contributed by atoms with Gasteiger partial charge in [0.1, 0.15) is 6.61 Å². The van der Waals surface area contributed by atoms with Crippen LogP contribution in [0.15, 0.2) is 36.5 Å². The highest BCUT2D eigenvalue weighted by Gasteiger charge is 2.25. The molecule has 2 unspecified atom stereocenters. The van der Waals surface area contributed by atoms with E-state index in [0.29, 0.717) is 6.42 Å². The standard InChI is InChI=1S/C37H67O8P/c1-4-7-9-11-13-15-17-18-19-20-21-22-24-26-28-30-32-37(39)45-35(34-44-46(40,41)43-6-3)33-42-36(38)31-29-27-25-23-16-14-12-10-8-5-2/h10,12,15,17,19-20,35H,4-9,11,13-14,16,18,21-34H2,1-3H3,(H,40,41)/b12-10-,17-15-,20-19-. The largest absolute Gasteiger partial charge is 0.472 e. The molecule has 0 aliphatic carbocycles. The maximum Gasteiger partial charge on any atom is 0.472 e. The zero-order valence-corrected chi connectivity index (χ0v) is 30.4. The highest BCUT2D eigenvalue weighted by atomic mass is 31.2. The molecule has 8 nitrogen and oxygen atoms in total. The first kappa shape index (κ1) is 44.3. The Bertz CT molecular complexity index is 854. The van der Waals surface area contributed by atoms with Gasteiger partial charge in [0, 0.05) is 12.8 Å². The highest BCUT2D eigenvalue weighted by Crippen LogP contribution is 2.43. The van der Waals surface area contributed by atoms with Crippen molar-refractivity contribution in [1.82, 2.24) is 0 Å². The highest BCUT2D eigenvalue weighted by molar-refractivity contribution is 7.47. The Hall–Kier alpha value is -1.73. The van der Waals surface area contributed by atoms with Crippen molar-refractivity contribution in [2.45, 2.75) is 168 Å². The summed E-state index contributed by atoms with van der Waals surface area (Å²) in [7, 11) is -4.28. The monoisotopic (exact) mass is 670 g/mol. The van der Waals surface area contributed by atoms with Crippen LogP contribution in [-0.2, 0) is 32.7 Å². The second-order valence-electron chi connectivity index (χ2n) is 11.9. The molecule has 0 spiro atoms. The van der Waals surface area contributed by atoms with E-state index in [-0.39, 0.29) is 32.0 Å². The van der Waals surface area contributed by atoms with Crippen LogP contribution in [0.2, 0.25) is 0 Å². The number of hydrogen-bond acceptors (Lipinski definition) is 7. The topological polar surface area (TPSA) is 108 Å². The first-order chi connectivity index (χ1) is 22.3. The van der Waals surface area contributed by atoms with Crippen LogP contribution in [0.5, 0.6) is 0 Å². The van der Waals surface area contributed by atoms with Gasteiger partial charge in [-0.3, -0.25) is 18.6 Å². The van der Waals surface area contributed by atoms with Gasteiger partial charge in [-0.25, -0.2) is 4.57 Å². The van der Waals surface area contributed by atoms with Crippen molar-refractivity contribution in [3.8, 4) is 0 Å². The second-order valence-corrected chi connectivity index (χ2v) is 13.3. The van der Waals surface area contributed by atoms with Gasteiger partial charge in [0.15, 0.2) is 6.10 Å². The van der Waals surface area contributed by atoms with Gasteiger partial charge in [-0.1, -0.05) is 115 Å². The number of unbranched alkanes of at least 4 members (excludes halogenated alkanes) is 15. The summed E-state index contributed by atoms with van der Waals surface area (Å²) in [5.41, 5.74) is 0. The molecule has 0 amide bonds. The number of carbonyl (C=O) groups is 2. The quantitative estimate of drug-likeness (QED) is 0.0318. The van der Waals surface area contributed by atoms with Gasteiger partial charge in [-0.2, -0.15) is 0 Å². The zero-order chi connectivity index (χ0) is 34.0. The smallest absolute Gasteiger partial charge is 0.462 e. The SMILES string of the molecule is CCC/C=C\CCCCCCCC(=O)OCC(COP(=O)(O)OCC)OC(=O)CCCCCCC/C=C\C/C=C\CCCCCC. The summed E-state index contributed by atoms with van der Waals surface area (Å²) in [6.07, 6.45) is 34.8. The molecule has 46 heavy (non-hydrogen) atoms. The summed E-state index contributed by atoms with van der Waals surface area (Å²) in [5.74, 6) is -0.829. The Labute approximate surface area is 281 Å². The van der Waals surface area contributed by atoms with Crippen LogP contribution in [0, 0.1) is 0 Å². The van der Waals surface area contributed by atoms with Crippen molar-refractivity contribution >= 4 is 19.8 Å². The Morgan fingerprint density at radius 3 is 1.65 bits per heavy atom. The van der Waals surface area contributed by atoms with E-state index < -0.39 is 26.5 Å². The molecule has 0 radical (unpaired) electrons. The summed E-state index contributed by atoms with van der Waals surface area (Å²) in [6, 6.07) is 0. The fourth-order valence-corrected chi connectivity index (χ4v) is 5.47. The molecule has 0 bridgehead atoms. The number of phosphoric ester groups is 1. The molecule has 0 heterocycles. The third-order valence-corrected chi connectivity index (χ3v) is 8.46. The lowest BCUT2D eigenvalue weighted by Crippen LogP contribution is -2.29. The molecule has 0 aliphatic rings. The van der Waals surface area contributed by atoms with Gasteiger partial charge in [-0.05, 0) is 71.1 Å². The van der Waals surface area contributed by atoms with Crippen LogP contribution in [0.3, 0.4) is 0 Å². The fourth-order valence-electron chi connectivity index (χ4n) is 4.72. The molecule has 0 saturated carbocycles. The molecule has 9 heteroatoms. The molecule has 0 aromatic rings. The fraction of sp³-hybridized carbons (Fsp3) is 0.784. The molecule has 268 valence electrons. The van der Waals surface area contributed by atoms with Gasteiger partial charge in [0.25, 0.3) is 0 Å². The number of phosphoric acid groups is 1. The van der Waals surface area contributed by atoms with Crippen molar-refractivity contribution in [1.29, 1.82) is 0 Å². The summed E-state index contributed by atoms with van der Waals surface area (Å²) < 4.78 is 32.4. The Morgan fingerprint density at radius 1 is 0.587 bits per heavy atom. The predicted octanol–water partition coefficient (Wildman–Crippen LogP) is 10.9. The van der Waals surface area contributed by atoms with Gasteiger partial charge < -0.3 is 14.4 Å². The van der Waals surface area contributed by atoms with Gasteiger partial charge >= 0.3 is 19.8 Å². The van der Waals surface area contributed by atoms with Gasteiger partial charge in [0.2, 0.25) is 0 Å². The normalized spacial score (nSPS) is 13.9. The summed E-state index contributed by atoms with van der Waals surface area (Å²) >= 11 is 0. The van der Waals surface area contributed by atoms with Gasteiger partial charge in [0.05, 0.1) is 13.2 Å². The third kappa shape index (κ3) is 32.2. The number of ether oxygens (including phenoxy) is 2. The summed E-state index contributed by atoms with van der Waals surface area (Å²) in [6.45, 7) is 5.34.